The number of nitrogens with one attached hydrogen (secondary N) is 1. The minimum Gasteiger partial charge on any atom is -0.331 e. The zero-order valence-electron chi connectivity index (χ0n) is 10.3. The van der Waals surface area contributed by atoms with E-state index in [1.165, 1.54) is 0 Å². The number of nitrogens with zero attached hydrogens (tertiary/aromatic N) is 1. The molecule has 3 N–H and O–H groups in total. The van der Waals surface area contributed by atoms with Gasteiger partial charge in [-0.25, -0.2) is 13.1 Å². The van der Waals surface area contributed by atoms with Gasteiger partial charge in [0.2, 0.25) is 15.9 Å². The molecule has 0 aromatic rings. The topological polar surface area (TPSA) is 92.5 Å². The lowest BCUT2D eigenvalue weighted by atomic mass is 10.1. The average molecular weight is 318 g/mol. The van der Waals surface area contributed by atoms with Gasteiger partial charge in [-0.3, -0.25) is 4.79 Å². The normalized spacial score (nSPS) is 17.3. The molecule has 0 bridgehead atoms. The Morgan fingerprint density at radius 3 is 2.72 bits per heavy atom. The molecule has 0 unspecified atom stereocenters. The maximum Gasteiger partial charge on any atom is 0.240 e. The smallest absolute Gasteiger partial charge is 0.240 e. The van der Waals surface area contributed by atoms with Crippen molar-refractivity contribution in [3.8, 4) is 0 Å². The third kappa shape index (κ3) is 6.79. The fourth-order valence-electron chi connectivity index (χ4n) is 1.53. The van der Waals surface area contributed by atoms with Crippen LogP contribution in [0.2, 0.25) is 0 Å². The monoisotopic (exact) mass is 317 g/mol. The molecule has 1 aliphatic heterocycles. The molecule has 0 saturated carbocycles. The number of halogens is 1. The van der Waals surface area contributed by atoms with Gasteiger partial charge in [0.1, 0.15) is 0 Å². The van der Waals surface area contributed by atoms with E-state index >= 15 is 0 Å². The number of hydrogen-bond acceptors (Lipinski definition) is 5. The van der Waals surface area contributed by atoms with Crippen LogP contribution in [-0.2, 0) is 14.8 Å². The molecule has 1 rings (SSSR count). The number of amides is 1. The summed E-state index contributed by atoms with van der Waals surface area (Å²) in [6, 6.07) is -0.518. The number of nitrogens with two attached hydrogens (primary N) is 1. The van der Waals surface area contributed by atoms with Gasteiger partial charge in [0.15, 0.2) is 0 Å². The molecule has 1 fully saturated rings. The number of carbonyl (C=O) groups is 1. The highest BCUT2D eigenvalue weighted by Gasteiger charge is 2.23. The van der Waals surface area contributed by atoms with Crippen molar-refractivity contribution in [3.63, 3.8) is 0 Å². The molecule has 0 radical (unpaired) electrons. The minimum atomic E-state index is -3.15. The first-order chi connectivity index (χ1) is 7.90. The minimum absolute atomic E-state index is 0. The first kappa shape index (κ1) is 18.0. The lowest BCUT2D eigenvalue weighted by Gasteiger charge is -2.19. The highest BCUT2D eigenvalue weighted by Crippen LogP contribution is 2.14. The number of rotatable bonds is 6. The average Bonchev–Trinajstić information content (AvgIpc) is 2.74. The molecule has 1 aliphatic rings. The molecule has 0 aromatic carbocycles. The zero-order valence-corrected chi connectivity index (χ0v) is 12.7. The summed E-state index contributed by atoms with van der Waals surface area (Å²) in [5, 5.41) is 0. The Kier molecular flexibility index (Phi) is 8.20. The Balaban J connectivity index is 0.00000289. The van der Waals surface area contributed by atoms with Gasteiger partial charge in [0.05, 0.1) is 18.2 Å². The van der Waals surface area contributed by atoms with Crippen molar-refractivity contribution in [2.75, 3.05) is 31.0 Å². The third-order valence-electron chi connectivity index (χ3n) is 2.44. The van der Waals surface area contributed by atoms with Crippen molar-refractivity contribution >= 4 is 40.1 Å². The van der Waals surface area contributed by atoms with Crippen LogP contribution in [0.1, 0.15) is 12.8 Å². The molecule has 1 saturated heterocycles. The Morgan fingerprint density at radius 2 is 2.22 bits per heavy atom. The van der Waals surface area contributed by atoms with Crippen LogP contribution in [-0.4, -0.2) is 56.2 Å². The largest absolute Gasteiger partial charge is 0.331 e. The van der Waals surface area contributed by atoms with Crippen molar-refractivity contribution in [2.24, 2.45) is 5.73 Å². The summed E-state index contributed by atoms with van der Waals surface area (Å²) < 4.78 is 24.0. The second-order valence-electron chi connectivity index (χ2n) is 4.05. The van der Waals surface area contributed by atoms with Gasteiger partial charge in [-0.05, 0) is 12.8 Å². The first-order valence-electron chi connectivity index (χ1n) is 5.47. The molecule has 108 valence electrons. The highest BCUT2D eigenvalue weighted by atomic mass is 35.5. The SMILES string of the molecule is CS(=O)(=O)NCCC[C@H](N)C(=O)N1CCSC1.Cl. The summed E-state index contributed by atoms with van der Waals surface area (Å²) >= 11 is 1.72. The fraction of sp³-hybridized carbons (Fsp3) is 0.889. The van der Waals surface area contributed by atoms with E-state index in [9.17, 15) is 13.2 Å². The molecule has 1 atom stereocenters. The molecule has 0 spiro atoms. The van der Waals surface area contributed by atoms with E-state index in [4.69, 9.17) is 5.73 Å². The third-order valence-corrected chi connectivity index (χ3v) is 4.13. The van der Waals surface area contributed by atoms with Crippen molar-refractivity contribution in [2.45, 2.75) is 18.9 Å². The number of thioether (sulfide) groups is 1. The molecule has 1 amide bonds. The van der Waals surface area contributed by atoms with Crippen molar-refractivity contribution in [1.82, 2.24) is 9.62 Å². The van der Waals surface area contributed by atoms with Crippen molar-refractivity contribution in [3.05, 3.63) is 0 Å². The molecule has 18 heavy (non-hydrogen) atoms. The standard InChI is InChI=1S/C9H19N3O3S2.ClH/c1-17(14,15)11-4-2-3-8(10)9(13)12-5-6-16-7-12;/h8,11H,2-7,10H2,1H3;1H/t8-;/m0./s1. The molecule has 9 heteroatoms. The van der Waals surface area contributed by atoms with Crippen LogP contribution in [0.5, 0.6) is 0 Å². The maximum absolute atomic E-state index is 11.8. The van der Waals surface area contributed by atoms with Gasteiger partial charge in [-0.1, -0.05) is 0 Å². The lowest BCUT2D eigenvalue weighted by molar-refractivity contribution is -0.131. The second kappa shape index (κ2) is 8.21. The van der Waals surface area contributed by atoms with Crippen LogP contribution in [0.15, 0.2) is 0 Å². The number of hydrogen-bond donors (Lipinski definition) is 2. The van der Waals surface area contributed by atoms with E-state index < -0.39 is 16.1 Å². The Bertz CT molecular complexity index is 358. The van der Waals surface area contributed by atoms with E-state index in [1.54, 1.807) is 16.7 Å². The van der Waals surface area contributed by atoms with E-state index in [-0.39, 0.29) is 18.3 Å². The molecule has 0 aromatic heterocycles. The highest BCUT2D eigenvalue weighted by molar-refractivity contribution is 7.99. The Labute approximate surface area is 119 Å². The van der Waals surface area contributed by atoms with Gasteiger partial charge in [0.25, 0.3) is 0 Å². The molecular formula is C9H20ClN3O3S2. The van der Waals surface area contributed by atoms with E-state index in [1.807, 2.05) is 0 Å². The maximum atomic E-state index is 11.8. The number of carbonyl (C=O) groups excluding carboxylic acids is 1. The van der Waals surface area contributed by atoms with Crippen LogP contribution >= 0.6 is 24.2 Å². The fourth-order valence-corrected chi connectivity index (χ4v) is 3.00. The summed E-state index contributed by atoms with van der Waals surface area (Å²) in [4.78, 5) is 13.5. The molecule has 6 nitrogen and oxygen atoms in total. The van der Waals surface area contributed by atoms with Crippen LogP contribution in [0.4, 0.5) is 0 Å². The second-order valence-corrected chi connectivity index (χ2v) is 6.96. The van der Waals surface area contributed by atoms with Gasteiger partial charge in [-0.15, -0.1) is 24.2 Å². The van der Waals surface area contributed by atoms with Crippen LogP contribution in [0.25, 0.3) is 0 Å². The van der Waals surface area contributed by atoms with Gasteiger partial charge >= 0.3 is 0 Å². The van der Waals surface area contributed by atoms with Gasteiger partial charge in [0, 0.05) is 18.8 Å². The quantitative estimate of drug-likeness (QED) is 0.650. The molecule has 1 heterocycles. The van der Waals surface area contributed by atoms with Crippen LogP contribution in [0, 0.1) is 0 Å². The predicted molar refractivity (Wildman–Crippen MR) is 76.3 cm³/mol. The van der Waals surface area contributed by atoms with E-state index in [0.717, 1.165) is 18.6 Å². The first-order valence-corrected chi connectivity index (χ1v) is 8.51. The molecular weight excluding hydrogens is 298 g/mol. The number of sulfonamides is 1. The van der Waals surface area contributed by atoms with Crippen molar-refractivity contribution < 1.29 is 13.2 Å². The van der Waals surface area contributed by atoms with Gasteiger partial charge in [-0.2, -0.15) is 0 Å². The molecule has 0 aliphatic carbocycles. The summed E-state index contributed by atoms with van der Waals surface area (Å²) in [7, 11) is -3.15. The van der Waals surface area contributed by atoms with Crippen molar-refractivity contribution in [1.29, 1.82) is 0 Å². The van der Waals surface area contributed by atoms with E-state index in [2.05, 4.69) is 4.72 Å². The Hall–Kier alpha value is -0.0200. The zero-order chi connectivity index (χ0) is 12.9. The van der Waals surface area contributed by atoms with E-state index in [0.29, 0.717) is 25.3 Å². The summed E-state index contributed by atoms with van der Waals surface area (Å²) in [5.41, 5.74) is 5.77. The van der Waals surface area contributed by atoms with Crippen LogP contribution < -0.4 is 10.5 Å². The summed E-state index contributed by atoms with van der Waals surface area (Å²) in [5.74, 6) is 1.65. The Morgan fingerprint density at radius 1 is 1.56 bits per heavy atom. The summed E-state index contributed by atoms with van der Waals surface area (Å²) in [6.45, 7) is 1.09. The van der Waals surface area contributed by atoms with Gasteiger partial charge < -0.3 is 10.6 Å². The predicted octanol–water partition coefficient (Wildman–Crippen LogP) is -0.402. The summed E-state index contributed by atoms with van der Waals surface area (Å²) in [6.07, 6.45) is 2.18. The van der Waals surface area contributed by atoms with Crippen LogP contribution in [0.3, 0.4) is 0 Å². The lowest BCUT2D eigenvalue weighted by Crippen LogP contribution is -2.42.